The molecule has 0 saturated heterocycles. The minimum atomic E-state index is 0.687. The summed E-state index contributed by atoms with van der Waals surface area (Å²) >= 11 is 6.04. The van der Waals surface area contributed by atoms with E-state index in [0.717, 1.165) is 18.7 Å². The summed E-state index contributed by atoms with van der Waals surface area (Å²) in [5, 5.41) is 3.77. The van der Waals surface area contributed by atoms with Gasteiger partial charge in [0.05, 0.1) is 11.6 Å². The van der Waals surface area contributed by atoms with Crippen molar-refractivity contribution in [2.45, 2.75) is 32.2 Å². The van der Waals surface area contributed by atoms with Crippen molar-refractivity contribution in [2.24, 2.45) is 5.92 Å². The monoisotopic (exact) mass is 254 g/mol. The predicted octanol–water partition coefficient (Wildman–Crippen LogP) is 3.02. The molecule has 0 spiro atoms. The van der Waals surface area contributed by atoms with Crippen molar-refractivity contribution < 1.29 is 4.74 Å². The molecule has 2 rings (SSSR count). The van der Waals surface area contributed by atoms with E-state index in [-0.39, 0.29) is 0 Å². The second-order valence-corrected chi connectivity index (χ2v) is 5.01. The van der Waals surface area contributed by atoms with E-state index in [1.165, 1.54) is 25.7 Å². The smallest absolute Gasteiger partial charge is 0.213 e. The van der Waals surface area contributed by atoms with E-state index in [9.17, 15) is 0 Å². The molecule has 3 nitrogen and oxygen atoms in total. The first-order valence-corrected chi connectivity index (χ1v) is 6.59. The Morgan fingerprint density at radius 1 is 1.47 bits per heavy atom. The molecular formula is C13H19ClN2O. The molecule has 17 heavy (non-hydrogen) atoms. The standard InChI is InChI=1S/C13H19ClN2O/c1-15-7-11-6-13(16-8-12(11)14)17-9-10-4-2-3-5-10/h6,8,10,15H,2-5,7,9H2,1H3. The van der Waals surface area contributed by atoms with Gasteiger partial charge in [-0.15, -0.1) is 0 Å². The molecule has 4 heteroatoms. The van der Waals surface area contributed by atoms with Gasteiger partial charge in [0, 0.05) is 18.8 Å². The quantitative estimate of drug-likeness (QED) is 0.877. The number of nitrogens with zero attached hydrogens (tertiary/aromatic N) is 1. The number of rotatable bonds is 5. The topological polar surface area (TPSA) is 34.1 Å². The Morgan fingerprint density at radius 3 is 2.94 bits per heavy atom. The summed E-state index contributed by atoms with van der Waals surface area (Å²) in [6, 6.07) is 1.92. The molecule has 1 aromatic rings. The van der Waals surface area contributed by atoms with Gasteiger partial charge >= 0.3 is 0 Å². The van der Waals surface area contributed by atoms with Crippen LogP contribution in [0.4, 0.5) is 0 Å². The first kappa shape index (κ1) is 12.7. The molecule has 0 amide bonds. The summed E-state index contributed by atoms with van der Waals surface area (Å²) in [6.07, 6.45) is 6.92. The zero-order chi connectivity index (χ0) is 12.1. The van der Waals surface area contributed by atoms with Gasteiger partial charge in [0.15, 0.2) is 0 Å². The Balaban J connectivity index is 1.93. The van der Waals surface area contributed by atoms with E-state index in [1.54, 1.807) is 6.20 Å². The van der Waals surface area contributed by atoms with Crippen molar-refractivity contribution in [3.63, 3.8) is 0 Å². The lowest BCUT2D eigenvalue weighted by atomic mass is 10.1. The molecule has 0 radical (unpaired) electrons. The molecule has 1 N–H and O–H groups in total. The Morgan fingerprint density at radius 2 is 2.24 bits per heavy atom. The third-order valence-corrected chi connectivity index (χ3v) is 3.56. The largest absolute Gasteiger partial charge is 0.477 e. The lowest BCUT2D eigenvalue weighted by Crippen LogP contribution is -2.10. The summed E-state index contributed by atoms with van der Waals surface area (Å²) < 4.78 is 5.73. The Hall–Kier alpha value is -0.800. The number of nitrogens with one attached hydrogen (secondary N) is 1. The number of hydrogen-bond donors (Lipinski definition) is 1. The third-order valence-electron chi connectivity index (χ3n) is 3.22. The molecule has 1 heterocycles. The number of pyridine rings is 1. The van der Waals surface area contributed by atoms with Gasteiger partial charge in [-0.3, -0.25) is 0 Å². The van der Waals surface area contributed by atoms with Crippen LogP contribution >= 0.6 is 11.6 Å². The van der Waals surface area contributed by atoms with E-state index < -0.39 is 0 Å². The van der Waals surface area contributed by atoms with Crippen LogP contribution < -0.4 is 10.1 Å². The van der Waals surface area contributed by atoms with Crippen LogP contribution in [0.1, 0.15) is 31.2 Å². The molecule has 1 aliphatic carbocycles. The second-order valence-electron chi connectivity index (χ2n) is 4.61. The molecule has 1 aliphatic rings. The summed E-state index contributed by atoms with van der Waals surface area (Å²) in [5.74, 6) is 1.40. The highest BCUT2D eigenvalue weighted by molar-refractivity contribution is 6.31. The highest BCUT2D eigenvalue weighted by Gasteiger charge is 2.15. The van der Waals surface area contributed by atoms with Crippen molar-refractivity contribution in [3.8, 4) is 5.88 Å². The lowest BCUT2D eigenvalue weighted by molar-refractivity contribution is 0.243. The molecular weight excluding hydrogens is 236 g/mol. The average Bonchev–Trinajstić information content (AvgIpc) is 2.83. The van der Waals surface area contributed by atoms with Gasteiger partial charge in [0.25, 0.3) is 0 Å². The van der Waals surface area contributed by atoms with Gasteiger partial charge in [-0.05, 0) is 31.4 Å². The summed E-state index contributed by atoms with van der Waals surface area (Å²) in [7, 11) is 1.90. The third kappa shape index (κ3) is 3.58. The number of ether oxygens (including phenoxy) is 1. The highest BCUT2D eigenvalue weighted by Crippen LogP contribution is 2.26. The highest BCUT2D eigenvalue weighted by atomic mass is 35.5. The van der Waals surface area contributed by atoms with Crippen LogP contribution in [-0.4, -0.2) is 18.6 Å². The van der Waals surface area contributed by atoms with Crippen LogP contribution in [-0.2, 0) is 6.54 Å². The van der Waals surface area contributed by atoms with Gasteiger partial charge in [0.2, 0.25) is 5.88 Å². The van der Waals surface area contributed by atoms with Crippen LogP contribution in [0.25, 0.3) is 0 Å². The van der Waals surface area contributed by atoms with E-state index in [1.807, 2.05) is 13.1 Å². The van der Waals surface area contributed by atoms with Crippen LogP contribution in [0, 0.1) is 5.92 Å². The normalized spacial score (nSPS) is 16.4. The van der Waals surface area contributed by atoms with Crippen molar-refractivity contribution in [1.82, 2.24) is 10.3 Å². The van der Waals surface area contributed by atoms with Crippen LogP contribution in [0.15, 0.2) is 12.3 Å². The zero-order valence-corrected chi connectivity index (χ0v) is 11.0. The molecule has 94 valence electrons. The van der Waals surface area contributed by atoms with E-state index in [4.69, 9.17) is 16.3 Å². The maximum absolute atomic E-state index is 6.04. The minimum Gasteiger partial charge on any atom is -0.477 e. The molecule has 0 bridgehead atoms. The van der Waals surface area contributed by atoms with Crippen molar-refractivity contribution in [1.29, 1.82) is 0 Å². The second kappa shape index (κ2) is 6.22. The molecule has 0 aromatic carbocycles. The summed E-state index contributed by atoms with van der Waals surface area (Å²) in [6.45, 7) is 1.52. The fourth-order valence-electron chi connectivity index (χ4n) is 2.24. The average molecular weight is 255 g/mol. The molecule has 1 saturated carbocycles. The van der Waals surface area contributed by atoms with Crippen LogP contribution in [0.5, 0.6) is 5.88 Å². The Kier molecular flexibility index (Phi) is 4.63. The number of hydrogen-bond acceptors (Lipinski definition) is 3. The van der Waals surface area contributed by atoms with Gasteiger partial charge in [-0.2, -0.15) is 0 Å². The van der Waals surface area contributed by atoms with Crippen LogP contribution in [0.3, 0.4) is 0 Å². The lowest BCUT2D eigenvalue weighted by Gasteiger charge is -2.12. The first-order valence-electron chi connectivity index (χ1n) is 6.21. The molecule has 0 unspecified atom stereocenters. The van der Waals surface area contributed by atoms with E-state index >= 15 is 0 Å². The predicted molar refractivity (Wildman–Crippen MR) is 69.5 cm³/mol. The summed E-state index contributed by atoms with van der Waals surface area (Å²) in [5.41, 5.74) is 1.03. The molecule has 1 aromatic heterocycles. The van der Waals surface area contributed by atoms with Gasteiger partial charge in [-0.1, -0.05) is 24.4 Å². The van der Waals surface area contributed by atoms with E-state index in [2.05, 4.69) is 10.3 Å². The van der Waals surface area contributed by atoms with E-state index in [0.29, 0.717) is 16.8 Å². The maximum atomic E-state index is 6.04. The molecule has 0 atom stereocenters. The molecule has 1 fully saturated rings. The van der Waals surface area contributed by atoms with Crippen molar-refractivity contribution >= 4 is 11.6 Å². The fourth-order valence-corrected chi connectivity index (χ4v) is 2.41. The first-order chi connectivity index (χ1) is 8.29. The van der Waals surface area contributed by atoms with Gasteiger partial charge < -0.3 is 10.1 Å². The Labute approximate surface area is 108 Å². The molecule has 0 aliphatic heterocycles. The zero-order valence-electron chi connectivity index (χ0n) is 10.2. The van der Waals surface area contributed by atoms with Gasteiger partial charge in [0.1, 0.15) is 0 Å². The summed E-state index contributed by atoms with van der Waals surface area (Å²) in [4.78, 5) is 4.20. The van der Waals surface area contributed by atoms with Gasteiger partial charge in [-0.25, -0.2) is 4.98 Å². The number of halogens is 1. The number of aromatic nitrogens is 1. The van der Waals surface area contributed by atoms with Crippen molar-refractivity contribution in [2.75, 3.05) is 13.7 Å². The minimum absolute atomic E-state index is 0.687. The fraction of sp³-hybridized carbons (Fsp3) is 0.615. The maximum Gasteiger partial charge on any atom is 0.213 e. The van der Waals surface area contributed by atoms with Crippen molar-refractivity contribution in [3.05, 3.63) is 22.8 Å². The Bertz CT molecular complexity index is 364. The SMILES string of the molecule is CNCc1cc(OCC2CCCC2)ncc1Cl. The van der Waals surface area contributed by atoms with Crippen LogP contribution in [0.2, 0.25) is 5.02 Å².